The van der Waals surface area contributed by atoms with Gasteiger partial charge >= 0.3 is 0 Å². The first-order valence-electron chi connectivity index (χ1n) is 13.4. The van der Waals surface area contributed by atoms with E-state index in [1.165, 1.54) is 21.6 Å². The zero-order chi connectivity index (χ0) is 27.8. The van der Waals surface area contributed by atoms with Crippen LogP contribution in [-0.4, -0.2) is 42.8 Å². The average Bonchev–Trinajstić information content (AvgIpc) is 3.52. The van der Waals surface area contributed by atoms with Gasteiger partial charge in [0.1, 0.15) is 5.37 Å². The van der Waals surface area contributed by atoms with Gasteiger partial charge in [0, 0.05) is 18.8 Å². The Labute approximate surface area is 240 Å². The summed E-state index contributed by atoms with van der Waals surface area (Å²) in [7, 11) is -3.84. The minimum absolute atomic E-state index is 0.192. The summed E-state index contributed by atoms with van der Waals surface area (Å²) in [6, 6.07) is 36.5. The molecule has 1 aliphatic rings. The number of nitrogens with one attached hydrogen (secondary N) is 2. The van der Waals surface area contributed by atoms with Crippen LogP contribution < -0.4 is 10.6 Å². The Bertz CT molecular complexity index is 1480. The lowest BCUT2D eigenvalue weighted by molar-refractivity contribution is -0.122. The molecule has 0 saturated carbocycles. The second-order valence-electron chi connectivity index (χ2n) is 9.65. The third kappa shape index (κ3) is 6.82. The van der Waals surface area contributed by atoms with Crippen LogP contribution >= 0.6 is 11.8 Å². The van der Waals surface area contributed by atoms with Crippen molar-refractivity contribution in [2.45, 2.75) is 29.3 Å². The highest BCUT2D eigenvalue weighted by molar-refractivity contribution is 8.02. The molecule has 0 aromatic heterocycles. The Balaban J connectivity index is 1.26. The minimum Gasteiger partial charge on any atom is -0.347 e. The first kappa shape index (κ1) is 28.1. The summed E-state index contributed by atoms with van der Waals surface area (Å²) < 4.78 is 28.6. The lowest BCUT2D eigenvalue weighted by Crippen LogP contribution is -2.46. The predicted molar refractivity (Wildman–Crippen MR) is 162 cm³/mol. The monoisotopic (exact) mass is 571 g/mol. The molecule has 6 nitrogen and oxygen atoms in total. The van der Waals surface area contributed by atoms with Crippen molar-refractivity contribution >= 4 is 27.7 Å². The van der Waals surface area contributed by atoms with E-state index in [4.69, 9.17) is 0 Å². The Hall–Kier alpha value is -3.43. The molecular formula is C32H33N3O3S2. The van der Waals surface area contributed by atoms with E-state index in [1.807, 2.05) is 91.0 Å². The van der Waals surface area contributed by atoms with Crippen molar-refractivity contribution in [3.05, 3.63) is 126 Å². The van der Waals surface area contributed by atoms with E-state index in [-0.39, 0.29) is 16.8 Å². The van der Waals surface area contributed by atoms with E-state index < -0.39 is 15.4 Å². The molecule has 1 heterocycles. The quantitative estimate of drug-likeness (QED) is 0.234. The zero-order valence-electron chi connectivity index (χ0n) is 22.1. The van der Waals surface area contributed by atoms with Gasteiger partial charge in [-0.2, -0.15) is 4.31 Å². The second kappa shape index (κ2) is 13.3. The van der Waals surface area contributed by atoms with Crippen molar-refractivity contribution in [2.75, 3.05) is 18.8 Å². The van der Waals surface area contributed by atoms with E-state index in [2.05, 4.69) is 22.8 Å². The number of hydrogen-bond acceptors (Lipinski definition) is 5. The molecule has 4 aromatic rings. The van der Waals surface area contributed by atoms with Gasteiger partial charge in [-0.1, -0.05) is 103 Å². The molecule has 4 aromatic carbocycles. The van der Waals surface area contributed by atoms with Gasteiger partial charge in [0.15, 0.2) is 0 Å². The molecule has 8 heteroatoms. The molecule has 1 amide bonds. The molecule has 1 aliphatic heterocycles. The molecule has 0 aliphatic carbocycles. The summed E-state index contributed by atoms with van der Waals surface area (Å²) in [5.74, 6) is 0.275. The summed E-state index contributed by atoms with van der Waals surface area (Å²) in [6.07, 6.45) is 0.674. The van der Waals surface area contributed by atoms with Crippen molar-refractivity contribution in [2.24, 2.45) is 0 Å². The molecule has 2 unspecified atom stereocenters. The largest absolute Gasteiger partial charge is 0.347 e. The smallest absolute Gasteiger partial charge is 0.249 e. The van der Waals surface area contributed by atoms with Gasteiger partial charge in [-0.25, -0.2) is 8.42 Å². The van der Waals surface area contributed by atoms with E-state index in [9.17, 15) is 13.2 Å². The summed E-state index contributed by atoms with van der Waals surface area (Å²) in [5, 5.41) is 5.79. The number of thioether (sulfide) groups is 1. The van der Waals surface area contributed by atoms with Gasteiger partial charge in [-0.05, 0) is 47.4 Å². The van der Waals surface area contributed by atoms with Gasteiger partial charge < -0.3 is 10.6 Å². The minimum atomic E-state index is -3.84. The standard InChI is InChI=1S/C32H33N3O3S2/c36-31(34-30(28-14-8-3-9-15-28)20-21-33-24-25-10-4-1-5-11-25)32-35(22-23-39-32)40(37,38)29-18-16-27(17-19-29)26-12-6-2-7-13-26/h1-19,30,32-33H,20-24H2,(H,34,36). The second-order valence-corrected chi connectivity index (χ2v) is 12.7. The maximum absolute atomic E-state index is 13.6. The molecule has 40 heavy (non-hydrogen) atoms. The van der Waals surface area contributed by atoms with Gasteiger partial charge in [0.05, 0.1) is 10.9 Å². The highest BCUT2D eigenvalue weighted by Crippen LogP contribution is 2.32. The number of nitrogens with zero attached hydrogens (tertiary/aromatic N) is 1. The van der Waals surface area contributed by atoms with Crippen LogP contribution in [0.15, 0.2) is 120 Å². The van der Waals surface area contributed by atoms with Gasteiger partial charge in [-0.15, -0.1) is 11.8 Å². The van der Waals surface area contributed by atoms with E-state index in [1.54, 1.807) is 12.1 Å². The van der Waals surface area contributed by atoms with Crippen LogP contribution in [0.5, 0.6) is 0 Å². The van der Waals surface area contributed by atoms with E-state index in [0.717, 1.165) is 23.2 Å². The van der Waals surface area contributed by atoms with Crippen LogP contribution in [0.25, 0.3) is 11.1 Å². The van der Waals surface area contributed by atoms with Gasteiger partial charge in [0.2, 0.25) is 15.9 Å². The maximum atomic E-state index is 13.6. The zero-order valence-corrected chi connectivity index (χ0v) is 23.8. The number of rotatable bonds is 11. The fourth-order valence-corrected chi connectivity index (χ4v) is 7.90. The third-order valence-electron chi connectivity index (χ3n) is 6.94. The summed E-state index contributed by atoms with van der Waals surface area (Å²) in [5.41, 5.74) is 4.15. The van der Waals surface area contributed by atoms with Crippen molar-refractivity contribution in [3.63, 3.8) is 0 Å². The van der Waals surface area contributed by atoms with Crippen LogP contribution in [0.3, 0.4) is 0 Å². The fourth-order valence-electron chi connectivity index (χ4n) is 4.82. The number of carbonyl (C=O) groups excluding carboxylic acids is 1. The van der Waals surface area contributed by atoms with Crippen LogP contribution in [0.2, 0.25) is 0 Å². The molecule has 1 fully saturated rings. The number of amides is 1. The Kier molecular flexibility index (Phi) is 9.34. The number of carbonyl (C=O) groups is 1. The van der Waals surface area contributed by atoms with Crippen molar-refractivity contribution in [3.8, 4) is 11.1 Å². The Morgan fingerprint density at radius 3 is 2.10 bits per heavy atom. The fraction of sp³-hybridized carbons (Fsp3) is 0.219. The number of benzene rings is 4. The summed E-state index contributed by atoms with van der Waals surface area (Å²) >= 11 is 1.36. The Morgan fingerprint density at radius 1 is 0.825 bits per heavy atom. The average molecular weight is 572 g/mol. The molecule has 0 radical (unpaired) electrons. The molecule has 206 valence electrons. The highest BCUT2D eigenvalue weighted by Gasteiger charge is 2.40. The van der Waals surface area contributed by atoms with Crippen LogP contribution in [0, 0.1) is 0 Å². The van der Waals surface area contributed by atoms with Crippen LogP contribution in [0.4, 0.5) is 0 Å². The van der Waals surface area contributed by atoms with Crippen molar-refractivity contribution in [1.82, 2.24) is 14.9 Å². The normalized spacial score (nSPS) is 16.4. The molecule has 2 N–H and O–H groups in total. The summed E-state index contributed by atoms with van der Waals surface area (Å²) in [6.45, 7) is 1.73. The first-order valence-corrected chi connectivity index (χ1v) is 15.9. The number of hydrogen-bond donors (Lipinski definition) is 2. The van der Waals surface area contributed by atoms with Gasteiger partial charge in [0.25, 0.3) is 0 Å². The van der Waals surface area contributed by atoms with E-state index >= 15 is 0 Å². The molecule has 1 saturated heterocycles. The SMILES string of the molecule is O=C(NC(CCNCc1ccccc1)c1ccccc1)C1SCCN1S(=O)(=O)c1ccc(-c2ccccc2)cc1. The number of sulfonamides is 1. The molecule has 5 rings (SSSR count). The molecule has 2 atom stereocenters. The Morgan fingerprint density at radius 2 is 1.43 bits per heavy atom. The third-order valence-corrected chi connectivity index (χ3v) is 10.2. The lowest BCUT2D eigenvalue weighted by Gasteiger charge is -2.26. The molecule has 0 spiro atoms. The van der Waals surface area contributed by atoms with E-state index in [0.29, 0.717) is 25.3 Å². The topological polar surface area (TPSA) is 78.5 Å². The van der Waals surface area contributed by atoms with Crippen molar-refractivity contribution < 1.29 is 13.2 Å². The predicted octanol–water partition coefficient (Wildman–Crippen LogP) is 5.45. The summed E-state index contributed by atoms with van der Waals surface area (Å²) in [4.78, 5) is 13.7. The highest BCUT2D eigenvalue weighted by atomic mass is 32.2. The maximum Gasteiger partial charge on any atom is 0.249 e. The molecular weight excluding hydrogens is 539 g/mol. The lowest BCUT2D eigenvalue weighted by atomic mass is 10.0. The van der Waals surface area contributed by atoms with Crippen LogP contribution in [0.1, 0.15) is 23.6 Å². The molecule has 0 bridgehead atoms. The first-order chi connectivity index (χ1) is 19.5. The van der Waals surface area contributed by atoms with Crippen LogP contribution in [-0.2, 0) is 21.4 Å². The van der Waals surface area contributed by atoms with Gasteiger partial charge in [-0.3, -0.25) is 4.79 Å². The van der Waals surface area contributed by atoms with Crippen molar-refractivity contribution in [1.29, 1.82) is 0 Å².